The van der Waals surface area contributed by atoms with Crippen molar-refractivity contribution in [1.29, 1.82) is 5.41 Å². The number of aromatic nitrogens is 1. The van der Waals surface area contributed by atoms with Crippen LogP contribution in [0.3, 0.4) is 0 Å². The summed E-state index contributed by atoms with van der Waals surface area (Å²) in [6.07, 6.45) is -7.08. The first kappa shape index (κ1) is 120. The summed E-state index contributed by atoms with van der Waals surface area (Å²) < 4.78 is 0. The van der Waals surface area contributed by atoms with Crippen molar-refractivity contribution >= 4 is 169 Å². The number of primary amides is 1. The minimum Gasteiger partial charge on any atom is -0.508 e. The second-order valence-electron chi connectivity index (χ2n) is 35.6. The van der Waals surface area contributed by atoms with Gasteiger partial charge in [0.15, 0.2) is 11.7 Å². The fourth-order valence-corrected chi connectivity index (χ4v) is 18.2. The first-order valence-electron chi connectivity index (χ1n) is 47.7. The second kappa shape index (κ2) is 60.7. The number of rotatable bonds is 28. The summed E-state index contributed by atoms with van der Waals surface area (Å²) >= 11 is 0. The van der Waals surface area contributed by atoms with Crippen LogP contribution >= 0.6 is 21.6 Å². The molecular formula is C91H136N24O28S2. The highest BCUT2D eigenvalue weighted by Gasteiger charge is 2.45. The topological polar surface area (TPSA) is 840 Å². The molecular weight excluding hydrogens is 1940 g/mol. The number of amides is 17. The molecule has 800 valence electrons. The van der Waals surface area contributed by atoms with E-state index in [2.05, 4.69) is 90.1 Å². The molecule has 0 bridgehead atoms. The van der Waals surface area contributed by atoms with E-state index in [-0.39, 0.29) is 109 Å². The third-order valence-corrected chi connectivity index (χ3v) is 26.5. The predicted molar refractivity (Wildman–Crippen MR) is 522 cm³/mol. The zero-order valence-corrected chi connectivity index (χ0v) is 82.8. The number of guanidine groups is 1. The van der Waals surface area contributed by atoms with Gasteiger partial charge in [0.2, 0.25) is 100 Å². The summed E-state index contributed by atoms with van der Waals surface area (Å²) in [6.45, 7) is 4.41. The minimum atomic E-state index is -1.99. The van der Waals surface area contributed by atoms with E-state index in [1.54, 1.807) is 49.5 Å². The van der Waals surface area contributed by atoms with E-state index in [4.69, 9.17) is 28.3 Å². The molecule has 6 rings (SSSR count). The highest BCUT2D eigenvalue weighted by Crippen LogP contribution is 2.28. The number of hydrogen-bond donors (Lipinski definition) is 28. The maximum Gasteiger partial charge on any atom is 0.303 e. The number of nitrogens with two attached hydrogens (primary N) is 4. The van der Waals surface area contributed by atoms with Crippen LogP contribution in [0.5, 0.6) is 5.75 Å². The number of H-pyrrole nitrogens is 1. The third-order valence-electron chi connectivity index (χ3n) is 24.1. The van der Waals surface area contributed by atoms with Gasteiger partial charge >= 0.3 is 23.9 Å². The number of unbranched alkanes of at least 4 members (excludes halogenated alkanes) is 1. The van der Waals surface area contributed by atoms with Gasteiger partial charge in [0.05, 0.1) is 31.4 Å². The molecule has 18 atom stereocenters. The molecule has 0 saturated carbocycles. The molecule has 0 radical (unpaired) electrons. The van der Waals surface area contributed by atoms with Crippen LogP contribution in [-0.4, -0.2) is 335 Å². The number of ketones is 1. The van der Waals surface area contributed by atoms with Gasteiger partial charge in [-0.05, 0) is 173 Å². The molecule has 0 spiro atoms. The molecule has 0 aliphatic carbocycles. The molecule has 17 amide bonds. The Kier molecular flexibility index (Phi) is 50.1. The quantitative estimate of drug-likeness (QED) is 0.0139. The molecule has 2 aromatic carbocycles. The van der Waals surface area contributed by atoms with Gasteiger partial charge in [-0.2, -0.15) is 0 Å². The van der Waals surface area contributed by atoms with Gasteiger partial charge in [0, 0.05) is 92.7 Å². The fraction of sp³-hybridized carbons (Fsp3) is 0.593. The highest BCUT2D eigenvalue weighted by molar-refractivity contribution is 8.76. The molecule has 3 aliphatic rings. The molecule has 3 aliphatic heterocycles. The lowest BCUT2D eigenvalue weighted by molar-refractivity contribution is -0.145. The standard InChI is InChI=1S/C91H136N24O28S2/c1-46-33-39-144-145-40-34-67(93)99-44-70(120)104-58(23-28-68(94)118)84(137)107-56(16-10-36-97-91(95)96)83(136)108-61(27-32-74(127)128)85(138)113-75(50(5)116)90(143)115-38-12-18-66(115)87(140)109-57(24-29-71(121)122)80(133)100-45-69(119)101-47(2)77(130)105-59(25-30-72(123)124)81(134)102-48(3)78(131)106-60(26-31-73(125)126)82(135)103-49(4)79(132)110-62(15-8-9-35-92)89(142)114-37-11-17-65(114)88(141)112-64(42-52-43-98-55-14-7-6-13-54(52)55)86(139)111-63(76(46)129)41-51-19-21-53(117)22-20-51/h6-7,13-14,19-22,43,46-50,56-67,75,98-99,116-117H,8-12,15-18,23-42,44-45,92-93H2,1-5H3,(H2,94,118)(H,100,133)(H,101,119)(H,102,134)(H,103,135)(H,104,120)(H,105,130)(H,106,131)(H,107,137)(H,108,136)(H,109,140)(H,110,132)(H,111,139)(H,112,141)(H,113,138)(H,121,122)(H,123,124)(H,125,126)(H,127,128)(H4,95,96,97)/t46?,47-,48-,49-,50+,56-,57-,58-,59-,60-,61-,62-,63-,64-,65-,66-,67?,75-/m0/s1. The lowest BCUT2D eigenvalue weighted by atomic mass is 9.92. The van der Waals surface area contributed by atoms with Gasteiger partial charge < -0.3 is 148 Å². The summed E-state index contributed by atoms with van der Waals surface area (Å²) in [5.74, 6) is -24.6. The van der Waals surface area contributed by atoms with E-state index < -0.39 is 322 Å². The average Bonchev–Trinajstić information content (AvgIpc) is 1.69. The lowest BCUT2D eigenvalue weighted by Gasteiger charge is -2.32. The van der Waals surface area contributed by atoms with Crippen LogP contribution in [0.2, 0.25) is 0 Å². The molecule has 32 N–H and O–H groups in total. The number of carboxylic acids is 4. The van der Waals surface area contributed by atoms with Crippen molar-refractivity contribution in [2.75, 3.05) is 50.8 Å². The Bertz CT molecular complexity index is 5070. The maximum absolute atomic E-state index is 15.2. The van der Waals surface area contributed by atoms with Gasteiger partial charge in [-0.1, -0.05) is 58.8 Å². The van der Waals surface area contributed by atoms with Crippen molar-refractivity contribution in [1.82, 2.24) is 99.9 Å². The number of carbonyl (C=O) groups excluding carboxylic acids is 18. The number of aliphatic hydroxyl groups excluding tert-OH is 1. The molecule has 1 aromatic heterocycles. The normalized spacial score (nSPS) is 25.9. The lowest BCUT2D eigenvalue weighted by Crippen LogP contribution is -2.61. The number of aromatic hydroxyl groups is 1. The van der Waals surface area contributed by atoms with Crippen LogP contribution in [0.25, 0.3) is 10.9 Å². The number of nitrogens with zero attached hydrogens (tertiary/aromatic N) is 2. The molecule has 145 heavy (non-hydrogen) atoms. The number of para-hydroxylation sites is 1. The number of nitrogens with one attached hydrogen (secondary N) is 18. The number of phenols is 1. The number of aromatic amines is 1. The Labute approximate surface area is 842 Å². The minimum absolute atomic E-state index is 0.0170. The zero-order chi connectivity index (χ0) is 107. The fourth-order valence-electron chi connectivity index (χ4n) is 15.9. The molecule has 3 aromatic rings. The van der Waals surface area contributed by atoms with Crippen molar-refractivity contribution in [2.24, 2.45) is 28.9 Å². The van der Waals surface area contributed by atoms with Crippen LogP contribution in [0.4, 0.5) is 0 Å². The number of aliphatic carboxylic acids is 4. The monoisotopic (exact) mass is 2080 g/mol. The number of hydrogen-bond acceptors (Lipinski definition) is 30. The maximum atomic E-state index is 15.2. The second-order valence-corrected chi connectivity index (χ2v) is 38.3. The van der Waals surface area contributed by atoms with Crippen LogP contribution in [0, 0.1) is 11.3 Å². The van der Waals surface area contributed by atoms with Gasteiger partial charge in [-0.3, -0.25) is 116 Å². The number of aliphatic hydroxyl groups is 1. The number of benzene rings is 2. The van der Waals surface area contributed by atoms with E-state index in [9.17, 15) is 122 Å². The summed E-state index contributed by atoms with van der Waals surface area (Å²) in [4.78, 5) is 309. The smallest absolute Gasteiger partial charge is 0.303 e. The van der Waals surface area contributed by atoms with Gasteiger partial charge in [-0.15, -0.1) is 0 Å². The Balaban J connectivity index is 1.31. The average molecular weight is 2080 g/mol. The largest absolute Gasteiger partial charge is 0.508 e. The Hall–Kier alpha value is -13.9. The van der Waals surface area contributed by atoms with Gasteiger partial charge in [0.1, 0.15) is 90.3 Å². The number of carboxylic acid groups (broad SMARTS) is 4. The number of phenolic OH excluding ortho intramolecular Hbond substituents is 1. The van der Waals surface area contributed by atoms with Crippen molar-refractivity contribution in [3.05, 3.63) is 65.9 Å². The number of carbonyl (C=O) groups is 22. The first-order chi connectivity index (χ1) is 68.6. The first-order valence-corrected chi connectivity index (χ1v) is 50.2. The predicted octanol–water partition coefficient (Wildman–Crippen LogP) is -6.13. The molecule has 3 fully saturated rings. The summed E-state index contributed by atoms with van der Waals surface area (Å²) in [6, 6.07) is -11.2. The van der Waals surface area contributed by atoms with E-state index in [1.807, 2.05) is 0 Å². The summed E-state index contributed by atoms with van der Waals surface area (Å²) in [7, 11) is 2.76. The Morgan fingerprint density at radius 1 is 0.462 bits per heavy atom. The van der Waals surface area contributed by atoms with E-state index in [1.165, 1.54) is 45.5 Å². The third kappa shape index (κ3) is 41.1. The highest BCUT2D eigenvalue weighted by atomic mass is 33.1. The van der Waals surface area contributed by atoms with Crippen LogP contribution in [-0.2, 0) is 118 Å². The number of fused-ring (bicyclic) bond motifs is 3. The van der Waals surface area contributed by atoms with Crippen LogP contribution in [0.1, 0.15) is 181 Å². The van der Waals surface area contributed by atoms with Crippen LogP contribution in [0.15, 0.2) is 54.7 Å². The van der Waals surface area contributed by atoms with Gasteiger partial charge in [0.25, 0.3) is 0 Å². The molecule has 4 heterocycles. The van der Waals surface area contributed by atoms with E-state index in [0.29, 0.717) is 40.0 Å². The van der Waals surface area contributed by atoms with E-state index in [0.717, 1.165) is 25.7 Å². The van der Waals surface area contributed by atoms with Crippen molar-refractivity contribution in [3.63, 3.8) is 0 Å². The Morgan fingerprint density at radius 3 is 1.41 bits per heavy atom. The SMILES string of the molecule is CC1CCSSCCC(N)NCC(=O)N[C@@H](CCC(N)=O)C(=O)N[C@@H](CCCNC(=N)N)C(=O)N[C@@H](CCC(=O)O)C(=O)N[C@@H]([C@@H](C)O)C(=O)N2CCC[C@H]2C(=O)N[C@@H](CCC(=O)O)C(=O)NCC(=O)N[C@@H](C)C(=O)N[C@@H](CCC(=O)O)C(=O)N[C@@H](C)C(=O)N[C@@H](CCC(=O)O)C(=O)N[C@@H](C)C(=O)N[C@@H](CCCCN)C(=O)N2CCC[C@H]2C(=O)N[C@@H](Cc2c[nH]c3ccccc23)C(=O)N[C@@H](Cc2ccc(O)cc2)C1=O. The zero-order valence-electron chi connectivity index (χ0n) is 81.2. The van der Waals surface area contributed by atoms with E-state index >= 15 is 14.4 Å². The number of Topliss-reactive ketones (excluding diaryl/α,β-unsaturated/α-hetero) is 1. The molecule has 3 saturated heterocycles. The van der Waals surface area contributed by atoms with Crippen LogP contribution < -0.4 is 108 Å². The Morgan fingerprint density at radius 2 is 0.890 bits per heavy atom. The summed E-state index contributed by atoms with van der Waals surface area (Å²) in [5.41, 5.74) is 25.1. The molecule has 54 heteroatoms. The summed E-state index contributed by atoms with van der Waals surface area (Å²) in [5, 5.41) is 108. The molecule has 52 nitrogen and oxygen atoms in total. The van der Waals surface area contributed by atoms with Crippen molar-refractivity contribution in [3.8, 4) is 5.75 Å². The van der Waals surface area contributed by atoms with Crippen molar-refractivity contribution in [2.45, 2.75) is 285 Å². The molecule has 2 unspecified atom stereocenters. The van der Waals surface area contributed by atoms with Crippen molar-refractivity contribution < 1.29 is 136 Å². The van der Waals surface area contributed by atoms with Gasteiger partial charge in [-0.25, -0.2) is 0 Å².